The Morgan fingerprint density at radius 1 is 1.80 bits per heavy atom. The maximum Gasteiger partial charge on any atom is 0.351 e. The molecule has 0 unspecified atom stereocenters. The van der Waals surface area contributed by atoms with E-state index in [1.807, 2.05) is 11.9 Å². The van der Waals surface area contributed by atoms with Crippen LogP contribution >= 0.6 is 0 Å². The molecule has 1 aliphatic heterocycles. The van der Waals surface area contributed by atoms with Crippen molar-refractivity contribution in [3.8, 4) is 0 Å². The summed E-state index contributed by atoms with van der Waals surface area (Å²) in [4.78, 5) is 16.1. The number of aliphatic imine (C=N–C) groups is 1. The third kappa shape index (κ3) is 1.54. The third-order valence-electron chi connectivity index (χ3n) is 1.45. The number of rotatable bonds is 1. The third-order valence-corrected chi connectivity index (χ3v) is 1.45. The summed E-state index contributed by atoms with van der Waals surface area (Å²) in [5.41, 5.74) is 0.272. The van der Waals surface area contributed by atoms with Gasteiger partial charge in [-0.05, 0) is 7.05 Å². The highest BCUT2D eigenvalue weighted by atomic mass is 16.4. The van der Waals surface area contributed by atoms with Crippen molar-refractivity contribution in [1.29, 1.82) is 0 Å². The highest BCUT2D eigenvalue weighted by molar-refractivity contribution is 6.36. The van der Waals surface area contributed by atoms with E-state index in [0.29, 0.717) is 13.1 Å². The second-order valence-electron chi connectivity index (χ2n) is 2.37. The average molecular weight is 142 g/mol. The Bertz CT molecular complexity index is 177. The van der Waals surface area contributed by atoms with Gasteiger partial charge in [-0.1, -0.05) is 0 Å². The lowest BCUT2D eigenvalue weighted by Crippen LogP contribution is -2.36. The first-order valence-corrected chi connectivity index (χ1v) is 3.15. The quantitative estimate of drug-likeness (QED) is 0.534. The summed E-state index contributed by atoms with van der Waals surface area (Å²) < 4.78 is 0. The Hall–Kier alpha value is -0.900. The lowest BCUT2D eigenvalue weighted by Gasteiger charge is -2.19. The molecule has 0 atom stereocenters. The van der Waals surface area contributed by atoms with E-state index in [1.165, 1.54) is 0 Å². The summed E-state index contributed by atoms with van der Waals surface area (Å²) in [6.07, 6.45) is 0. The van der Waals surface area contributed by atoms with Crippen LogP contribution in [0.25, 0.3) is 0 Å². The molecule has 0 aromatic heterocycles. The van der Waals surface area contributed by atoms with Gasteiger partial charge in [0.1, 0.15) is 5.71 Å². The van der Waals surface area contributed by atoms with Gasteiger partial charge in [-0.2, -0.15) is 0 Å². The van der Waals surface area contributed by atoms with Gasteiger partial charge in [0.15, 0.2) is 0 Å². The van der Waals surface area contributed by atoms with Crippen LogP contribution in [-0.4, -0.2) is 48.4 Å². The van der Waals surface area contributed by atoms with E-state index >= 15 is 0 Å². The molecule has 10 heavy (non-hydrogen) atoms. The summed E-state index contributed by atoms with van der Waals surface area (Å²) in [5, 5.41) is 8.50. The number of carbonyl (C=O) groups is 1. The van der Waals surface area contributed by atoms with Crippen molar-refractivity contribution in [2.75, 3.05) is 26.7 Å². The van der Waals surface area contributed by atoms with Gasteiger partial charge in [-0.15, -0.1) is 0 Å². The maximum atomic E-state index is 10.3. The van der Waals surface area contributed by atoms with E-state index in [-0.39, 0.29) is 5.71 Å². The van der Waals surface area contributed by atoms with Crippen molar-refractivity contribution in [2.45, 2.75) is 0 Å². The lowest BCUT2D eigenvalue weighted by molar-refractivity contribution is -0.129. The van der Waals surface area contributed by atoms with Crippen LogP contribution in [0.4, 0.5) is 0 Å². The minimum absolute atomic E-state index is 0.272. The Balaban J connectivity index is 2.60. The van der Waals surface area contributed by atoms with Crippen LogP contribution < -0.4 is 0 Å². The van der Waals surface area contributed by atoms with Gasteiger partial charge in [0, 0.05) is 13.1 Å². The van der Waals surface area contributed by atoms with Gasteiger partial charge in [-0.3, -0.25) is 9.89 Å². The van der Waals surface area contributed by atoms with Crippen molar-refractivity contribution in [3.05, 3.63) is 0 Å². The molecule has 0 aliphatic carbocycles. The SMILES string of the molecule is CN1CCN=C(C(=O)O)C1. The minimum Gasteiger partial charge on any atom is -0.477 e. The van der Waals surface area contributed by atoms with Crippen LogP contribution in [0.3, 0.4) is 0 Å². The fourth-order valence-electron chi connectivity index (χ4n) is 0.876. The Morgan fingerprint density at radius 2 is 2.50 bits per heavy atom. The smallest absolute Gasteiger partial charge is 0.351 e. The molecule has 0 radical (unpaired) electrons. The molecule has 0 aromatic carbocycles. The molecule has 1 N–H and O–H groups in total. The van der Waals surface area contributed by atoms with E-state index in [1.54, 1.807) is 0 Å². The molecule has 4 heteroatoms. The second kappa shape index (κ2) is 2.79. The molecule has 1 heterocycles. The van der Waals surface area contributed by atoms with E-state index in [2.05, 4.69) is 4.99 Å². The molecule has 4 nitrogen and oxygen atoms in total. The highest BCUT2D eigenvalue weighted by Gasteiger charge is 2.15. The summed E-state index contributed by atoms with van der Waals surface area (Å²) >= 11 is 0. The van der Waals surface area contributed by atoms with Crippen molar-refractivity contribution in [3.63, 3.8) is 0 Å². The van der Waals surface area contributed by atoms with Crippen LogP contribution in [0.2, 0.25) is 0 Å². The molecule has 0 bridgehead atoms. The highest BCUT2D eigenvalue weighted by Crippen LogP contribution is 1.94. The molecule has 0 spiro atoms. The number of nitrogens with zero attached hydrogens (tertiary/aromatic N) is 2. The normalized spacial score (nSPS) is 20.3. The van der Waals surface area contributed by atoms with E-state index in [0.717, 1.165) is 6.54 Å². The molecule has 0 aromatic rings. The number of aliphatic carboxylic acids is 1. The molecular weight excluding hydrogens is 132 g/mol. The van der Waals surface area contributed by atoms with Crippen molar-refractivity contribution in [2.24, 2.45) is 4.99 Å². The molecule has 1 aliphatic rings. The van der Waals surface area contributed by atoms with Gasteiger partial charge in [0.2, 0.25) is 0 Å². The molecule has 0 saturated heterocycles. The molecule has 0 amide bonds. The molecule has 0 fully saturated rings. The van der Waals surface area contributed by atoms with Gasteiger partial charge >= 0.3 is 5.97 Å². The molecule has 0 saturated carbocycles. The summed E-state index contributed by atoms with van der Waals surface area (Å²) in [6.45, 7) is 1.93. The van der Waals surface area contributed by atoms with Gasteiger partial charge in [-0.25, -0.2) is 4.79 Å². The number of hydrogen-bond donors (Lipinski definition) is 1. The van der Waals surface area contributed by atoms with Gasteiger partial charge in [0.05, 0.1) is 6.54 Å². The van der Waals surface area contributed by atoms with E-state index < -0.39 is 5.97 Å². The first-order valence-electron chi connectivity index (χ1n) is 3.15. The van der Waals surface area contributed by atoms with Gasteiger partial charge < -0.3 is 5.11 Å². The Kier molecular flexibility index (Phi) is 2.01. The number of carboxylic acids is 1. The standard InChI is InChI=1S/C6H10N2O2/c1-8-3-2-7-5(4-8)6(9)10/h2-4H2,1H3,(H,9,10). The van der Waals surface area contributed by atoms with Crippen molar-refractivity contribution < 1.29 is 9.90 Å². The van der Waals surface area contributed by atoms with Crippen molar-refractivity contribution >= 4 is 11.7 Å². The zero-order chi connectivity index (χ0) is 7.56. The monoisotopic (exact) mass is 142 g/mol. The van der Waals surface area contributed by atoms with Crippen molar-refractivity contribution in [1.82, 2.24) is 4.90 Å². The number of hydrogen-bond acceptors (Lipinski definition) is 3. The maximum absolute atomic E-state index is 10.3. The van der Waals surface area contributed by atoms with Crippen LogP contribution in [-0.2, 0) is 4.79 Å². The minimum atomic E-state index is -0.897. The summed E-state index contributed by atoms with van der Waals surface area (Å²) in [7, 11) is 1.89. The predicted octanol–water partition coefficient (Wildman–Crippen LogP) is -0.543. The lowest BCUT2D eigenvalue weighted by atomic mass is 10.3. The second-order valence-corrected chi connectivity index (χ2v) is 2.37. The molecular formula is C6H10N2O2. The summed E-state index contributed by atoms with van der Waals surface area (Å²) in [6, 6.07) is 0. The fourth-order valence-corrected chi connectivity index (χ4v) is 0.876. The zero-order valence-electron chi connectivity index (χ0n) is 5.87. The Morgan fingerprint density at radius 3 is 2.90 bits per heavy atom. The average Bonchev–Trinajstić information content (AvgIpc) is 1.88. The van der Waals surface area contributed by atoms with Gasteiger partial charge in [0.25, 0.3) is 0 Å². The fraction of sp³-hybridized carbons (Fsp3) is 0.667. The van der Waals surface area contributed by atoms with Crippen LogP contribution in [0.5, 0.6) is 0 Å². The van der Waals surface area contributed by atoms with E-state index in [9.17, 15) is 4.79 Å². The first kappa shape index (κ1) is 7.21. The van der Waals surface area contributed by atoms with E-state index in [4.69, 9.17) is 5.11 Å². The molecule has 56 valence electrons. The topological polar surface area (TPSA) is 52.9 Å². The number of carboxylic acid groups (broad SMARTS) is 1. The largest absolute Gasteiger partial charge is 0.477 e. The Labute approximate surface area is 59.2 Å². The van der Waals surface area contributed by atoms with Crippen LogP contribution in [0, 0.1) is 0 Å². The van der Waals surface area contributed by atoms with Crippen LogP contribution in [0.15, 0.2) is 4.99 Å². The summed E-state index contributed by atoms with van der Waals surface area (Å²) in [5.74, 6) is -0.897. The zero-order valence-corrected chi connectivity index (χ0v) is 5.87. The van der Waals surface area contributed by atoms with Crippen LogP contribution in [0.1, 0.15) is 0 Å². The molecule has 1 rings (SSSR count). The number of likely N-dealkylation sites (N-methyl/N-ethyl adjacent to an activating group) is 1. The first-order chi connectivity index (χ1) is 4.70. The predicted molar refractivity (Wildman–Crippen MR) is 37.4 cm³/mol.